The van der Waals surface area contributed by atoms with Crippen molar-refractivity contribution < 1.29 is 9.90 Å². The Morgan fingerprint density at radius 2 is 1.90 bits per heavy atom. The van der Waals surface area contributed by atoms with Crippen LogP contribution in [0.4, 0.5) is 0 Å². The van der Waals surface area contributed by atoms with Crippen molar-refractivity contribution in [1.82, 2.24) is 0 Å². The minimum Gasteiger partial charge on any atom is -0.481 e. The Morgan fingerprint density at radius 1 is 1.50 bits per heavy atom. The van der Waals surface area contributed by atoms with Crippen molar-refractivity contribution in [3.8, 4) is 0 Å². The van der Waals surface area contributed by atoms with Gasteiger partial charge in [0.1, 0.15) is 0 Å². The Kier molecular flexibility index (Phi) is 3.13. The van der Waals surface area contributed by atoms with Crippen LogP contribution in [0.15, 0.2) is 12.2 Å². The molecule has 1 N–H and O–H groups in total. The van der Waals surface area contributed by atoms with E-state index in [0.29, 0.717) is 0 Å². The summed E-state index contributed by atoms with van der Waals surface area (Å²) in [4.78, 5) is 10.5. The number of hydrogen-bond donors (Lipinski definition) is 1. The van der Waals surface area contributed by atoms with Crippen molar-refractivity contribution in [3.05, 3.63) is 12.2 Å². The van der Waals surface area contributed by atoms with E-state index in [1.807, 2.05) is 13.8 Å². The molecule has 0 aliphatic carbocycles. The van der Waals surface area contributed by atoms with Gasteiger partial charge in [0.05, 0.1) is 5.92 Å². The van der Waals surface area contributed by atoms with E-state index in [0.717, 1.165) is 5.57 Å². The lowest BCUT2D eigenvalue weighted by molar-refractivity contribution is -0.141. The van der Waals surface area contributed by atoms with Gasteiger partial charge in [-0.15, -0.1) is 0 Å². The number of carboxylic acids is 1. The molecule has 0 unspecified atom stereocenters. The predicted octanol–water partition coefficient (Wildman–Crippen LogP) is 1.92. The van der Waals surface area contributed by atoms with Gasteiger partial charge in [0, 0.05) is 0 Å². The Hall–Kier alpha value is -0.790. The Morgan fingerprint density at radius 3 is 1.90 bits per heavy atom. The average molecular weight is 142 g/mol. The molecule has 0 aromatic carbocycles. The zero-order chi connectivity index (χ0) is 8.31. The van der Waals surface area contributed by atoms with E-state index in [4.69, 9.17) is 5.11 Å². The molecule has 0 aromatic heterocycles. The van der Waals surface area contributed by atoms with Crippen molar-refractivity contribution >= 4 is 5.97 Å². The summed E-state index contributed by atoms with van der Waals surface area (Å²) in [5, 5.41) is 8.65. The average Bonchev–Trinajstić information content (AvgIpc) is 1.59. The van der Waals surface area contributed by atoms with E-state index in [1.165, 1.54) is 0 Å². The number of hydrogen-bond acceptors (Lipinski definition) is 1. The van der Waals surface area contributed by atoms with E-state index in [1.54, 1.807) is 6.92 Å². The summed E-state index contributed by atoms with van der Waals surface area (Å²) in [7, 11) is 0. The normalized spacial score (nSPS) is 13.2. The maximum atomic E-state index is 10.5. The van der Waals surface area contributed by atoms with E-state index >= 15 is 0 Å². The topological polar surface area (TPSA) is 37.3 Å². The summed E-state index contributed by atoms with van der Waals surface area (Å²) in [5.74, 6) is -1.03. The highest BCUT2D eigenvalue weighted by molar-refractivity contribution is 5.73. The molecule has 1 atom stereocenters. The van der Waals surface area contributed by atoms with Crippen LogP contribution in [0.2, 0.25) is 0 Å². The first-order chi connectivity index (χ1) is 4.46. The smallest absolute Gasteiger partial charge is 0.310 e. The molecular formula is C8H14O2. The van der Waals surface area contributed by atoms with Gasteiger partial charge in [0.2, 0.25) is 0 Å². The van der Waals surface area contributed by atoms with Gasteiger partial charge >= 0.3 is 5.97 Å². The van der Waals surface area contributed by atoms with E-state index < -0.39 is 5.97 Å². The first-order valence-corrected chi connectivity index (χ1v) is 3.35. The highest BCUT2D eigenvalue weighted by Crippen LogP contribution is 2.18. The van der Waals surface area contributed by atoms with Crippen LogP contribution < -0.4 is 0 Å². The van der Waals surface area contributed by atoms with E-state index in [9.17, 15) is 4.79 Å². The number of rotatable bonds is 3. The third kappa shape index (κ3) is 2.21. The van der Waals surface area contributed by atoms with Gasteiger partial charge in [-0.2, -0.15) is 0 Å². The van der Waals surface area contributed by atoms with Crippen molar-refractivity contribution in [2.24, 2.45) is 11.8 Å². The number of carbonyl (C=O) groups is 1. The highest BCUT2D eigenvalue weighted by atomic mass is 16.4. The van der Waals surface area contributed by atoms with Gasteiger partial charge in [0.15, 0.2) is 0 Å². The predicted molar refractivity (Wildman–Crippen MR) is 40.8 cm³/mol. The summed E-state index contributed by atoms with van der Waals surface area (Å²) in [6, 6.07) is 0. The molecule has 0 spiro atoms. The molecule has 0 amide bonds. The number of aliphatic carboxylic acids is 1. The van der Waals surface area contributed by atoms with Gasteiger partial charge in [-0.1, -0.05) is 26.0 Å². The van der Waals surface area contributed by atoms with Crippen LogP contribution >= 0.6 is 0 Å². The summed E-state index contributed by atoms with van der Waals surface area (Å²) >= 11 is 0. The molecule has 0 heterocycles. The minimum absolute atomic E-state index is 0.134. The fraction of sp³-hybridized carbons (Fsp3) is 0.625. The van der Waals surface area contributed by atoms with Crippen molar-refractivity contribution in [2.45, 2.75) is 20.8 Å². The Balaban J connectivity index is 4.27. The van der Waals surface area contributed by atoms with Crippen LogP contribution in [0.3, 0.4) is 0 Å². The molecule has 0 aliphatic rings. The summed E-state index contributed by atoms with van der Waals surface area (Å²) in [5.41, 5.74) is 0.725. The lowest BCUT2D eigenvalue weighted by Gasteiger charge is -2.15. The summed E-state index contributed by atoms with van der Waals surface area (Å²) < 4.78 is 0. The SMILES string of the molecule is C=C(C)[C@@H](C(=O)O)C(C)C. The fourth-order valence-corrected chi connectivity index (χ4v) is 1.06. The molecule has 0 bridgehead atoms. The molecule has 2 nitrogen and oxygen atoms in total. The zero-order valence-electron chi connectivity index (χ0n) is 6.72. The first-order valence-electron chi connectivity index (χ1n) is 3.35. The van der Waals surface area contributed by atoms with Gasteiger partial charge < -0.3 is 5.11 Å². The molecule has 0 radical (unpaired) electrons. The van der Waals surface area contributed by atoms with Gasteiger partial charge in [0.25, 0.3) is 0 Å². The molecule has 0 saturated carbocycles. The quantitative estimate of drug-likeness (QED) is 0.611. The second kappa shape index (κ2) is 3.40. The van der Waals surface area contributed by atoms with Crippen LogP contribution in [0.1, 0.15) is 20.8 Å². The molecule has 0 fully saturated rings. The maximum Gasteiger partial charge on any atom is 0.310 e. The molecule has 0 rings (SSSR count). The zero-order valence-corrected chi connectivity index (χ0v) is 6.72. The molecule has 0 aliphatic heterocycles. The van der Waals surface area contributed by atoms with Crippen LogP contribution in [0, 0.1) is 11.8 Å². The second-order valence-corrected chi connectivity index (χ2v) is 2.91. The fourth-order valence-electron chi connectivity index (χ4n) is 1.06. The molecule has 0 saturated heterocycles. The Bertz CT molecular complexity index is 133. The van der Waals surface area contributed by atoms with Crippen molar-refractivity contribution in [2.75, 3.05) is 0 Å². The summed E-state index contributed by atoms with van der Waals surface area (Å²) in [6.45, 7) is 9.13. The second-order valence-electron chi connectivity index (χ2n) is 2.91. The lowest BCUT2D eigenvalue weighted by Crippen LogP contribution is -2.20. The lowest BCUT2D eigenvalue weighted by atomic mass is 9.90. The molecule has 58 valence electrons. The largest absolute Gasteiger partial charge is 0.481 e. The standard InChI is InChI=1S/C8H14O2/c1-5(2)7(6(3)4)8(9)10/h6-7H,1H2,2-4H3,(H,9,10)/t7-/m1/s1. The van der Waals surface area contributed by atoms with E-state index in [2.05, 4.69) is 6.58 Å². The number of carboxylic acid groups (broad SMARTS) is 1. The monoisotopic (exact) mass is 142 g/mol. The van der Waals surface area contributed by atoms with E-state index in [-0.39, 0.29) is 11.8 Å². The summed E-state index contributed by atoms with van der Waals surface area (Å²) in [6.07, 6.45) is 0. The van der Waals surface area contributed by atoms with Crippen LogP contribution in [0.25, 0.3) is 0 Å². The molecule has 10 heavy (non-hydrogen) atoms. The van der Waals surface area contributed by atoms with Gasteiger partial charge in [-0.3, -0.25) is 4.79 Å². The van der Waals surface area contributed by atoms with Crippen LogP contribution in [0.5, 0.6) is 0 Å². The minimum atomic E-state index is -0.775. The van der Waals surface area contributed by atoms with Crippen molar-refractivity contribution in [1.29, 1.82) is 0 Å². The molecule has 0 aromatic rings. The van der Waals surface area contributed by atoms with Crippen molar-refractivity contribution in [3.63, 3.8) is 0 Å². The van der Waals surface area contributed by atoms with Crippen LogP contribution in [-0.2, 0) is 4.79 Å². The maximum absolute atomic E-state index is 10.5. The Labute approximate surface area is 61.6 Å². The highest BCUT2D eigenvalue weighted by Gasteiger charge is 2.21. The van der Waals surface area contributed by atoms with Gasteiger partial charge in [-0.05, 0) is 12.8 Å². The first kappa shape index (κ1) is 9.21. The molecule has 2 heteroatoms. The van der Waals surface area contributed by atoms with Crippen LogP contribution in [-0.4, -0.2) is 11.1 Å². The third-order valence-corrected chi connectivity index (χ3v) is 1.46. The molecular weight excluding hydrogens is 128 g/mol. The van der Waals surface area contributed by atoms with Gasteiger partial charge in [-0.25, -0.2) is 0 Å². The third-order valence-electron chi connectivity index (χ3n) is 1.46.